The fourth-order valence-corrected chi connectivity index (χ4v) is 2.90. The van der Waals surface area contributed by atoms with E-state index in [4.69, 9.17) is 0 Å². The van der Waals surface area contributed by atoms with Crippen LogP contribution in [0.25, 0.3) is 0 Å². The summed E-state index contributed by atoms with van der Waals surface area (Å²) in [5, 5.41) is 9.27. The van der Waals surface area contributed by atoms with Gasteiger partial charge in [-0.3, -0.25) is 4.90 Å². The van der Waals surface area contributed by atoms with Crippen LogP contribution in [0.4, 0.5) is 4.39 Å². The molecular formula is C15H22FNO. The third-order valence-corrected chi connectivity index (χ3v) is 4.10. The van der Waals surface area contributed by atoms with Crippen LogP contribution in [0.5, 0.6) is 5.75 Å². The Hall–Kier alpha value is -1.09. The summed E-state index contributed by atoms with van der Waals surface area (Å²) in [6.45, 7) is 7.52. The lowest BCUT2D eigenvalue weighted by Gasteiger charge is -2.41. The molecular weight excluding hydrogens is 229 g/mol. The molecule has 1 aliphatic rings. The Kier molecular flexibility index (Phi) is 3.91. The number of nitrogens with zero attached hydrogens (tertiary/aromatic N) is 1. The van der Waals surface area contributed by atoms with Crippen molar-refractivity contribution >= 4 is 0 Å². The zero-order valence-electron chi connectivity index (χ0n) is 11.4. The van der Waals surface area contributed by atoms with Gasteiger partial charge >= 0.3 is 0 Å². The van der Waals surface area contributed by atoms with Crippen LogP contribution in [0.15, 0.2) is 18.2 Å². The highest BCUT2D eigenvalue weighted by Gasteiger charge is 2.28. The van der Waals surface area contributed by atoms with Crippen molar-refractivity contribution in [3.05, 3.63) is 29.6 Å². The lowest BCUT2D eigenvalue weighted by Crippen LogP contribution is -2.42. The fourth-order valence-electron chi connectivity index (χ4n) is 2.90. The second-order valence-corrected chi connectivity index (χ2v) is 5.61. The van der Waals surface area contributed by atoms with Gasteiger partial charge in [0.15, 0.2) is 0 Å². The Morgan fingerprint density at radius 1 is 1.33 bits per heavy atom. The highest BCUT2D eigenvalue weighted by molar-refractivity contribution is 5.29. The van der Waals surface area contributed by atoms with Crippen LogP contribution in [0, 0.1) is 11.7 Å². The van der Waals surface area contributed by atoms with E-state index in [-0.39, 0.29) is 17.6 Å². The quantitative estimate of drug-likeness (QED) is 0.866. The smallest absolute Gasteiger partial charge is 0.131 e. The molecule has 0 aromatic heterocycles. The molecule has 0 spiro atoms. The molecule has 2 rings (SSSR count). The molecule has 2 nitrogen and oxygen atoms in total. The van der Waals surface area contributed by atoms with Gasteiger partial charge in [-0.25, -0.2) is 4.39 Å². The zero-order valence-corrected chi connectivity index (χ0v) is 11.4. The van der Waals surface area contributed by atoms with Crippen molar-refractivity contribution in [2.75, 3.05) is 6.54 Å². The number of hydrogen-bond donors (Lipinski definition) is 1. The van der Waals surface area contributed by atoms with Crippen LogP contribution in [-0.4, -0.2) is 22.6 Å². The van der Waals surface area contributed by atoms with Gasteiger partial charge in [0.25, 0.3) is 0 Å². The van der Waals surface area contributed by atoms with Gasteiger partial charge in [-0.2, -0.15) is 0 Å². The summed E-state index contributed by atoms with van der Waals surface area (Å²) >= 11 is 0. The van der Waals surface area contributed by atoms with Crippen molar-refractivity contribution in [2.24, 2.45) is 5.92 Å². The van der Waals surface area contributed by atoms with E-state index in [1.807, 2.05) is 6.92 Å². The molecule has 1 aliphatic heterocycles. The maximum atomic E-state index is 13.9. The van der Waals surface area contributed by atoms with Gasteiger partial charge in [0.1, 0.15) is 11.6 Å². The van der Waals surface area contributed by atoms with E-state index in [1.54, 1.807) is 12.1 Å². The molecule has 3 unspecified atom stereocenters. The minimum absolute atomic E-state index is 0.0106. The van der Waals surface area contributed by atoms with Gasteiger partial charge in [-0.1, -0.05) is 13.0 Å². The number of halogens is 1. The highest BCUT2D eigenvalue weighted by atomic mass is 19.1. The van der Waals surface area contributed by atoms with Crippen LogP contribution < -0.4 is 0 Å². The molecule has 0 amide bonds. The van der Waals surface area contributed by atoms with E-state index in [0.717, 1.165) is 6.54 Å². The Bertz CT molecular complexity index is 421. The SMILES string of the molecule is CC1CCC(C)N(C(C)c2ccc(O)cc2F)C1. The normalized spacial score (nSPS) is 27.1. The molecule has 3 heteroatoms. The van der Waals surface area contributed by atoms with Crippen molar-refractivity contribution in [2.45, 2.75) is 45.7 Å². The molecule has 0 aliphatic carbocycles. The molecule has 1 N–H and O–H groups in total. The largest absolute Gasteiger partial charge is 0.508 e. The minimum Gasteiger partial charge on any atom is -0.508 e. The van der Waals surface area contributed by atoms with Crippen LogP contribution in [-0.2, 0) is 0 Å². The van der Waals surface area contributed by atoms with Crippen LogP contribution in [0.2, 0.25) is 0 Å². The van der Waals surface area contributed by atoms with E-state index < -0.39 is 0 Å². The van der Waals surface area contributed by atoms with E-state index in [9.17, 15) is 9.50 Å². The summed E-state index contributed by atoms with van der Waals surface area (Å²) in [6.07, 6.45) is 2.42. The van der Waals surface area contributed by atoms with Crippen molar-refractivity contribution in [3.8, 4) is 5.75 Å². The second kappa shape index (κ2) is 5.27. The van der Waals surface area contributed by atoms with Crippen molar-refractivity contribution in [3.63, 3.8) is 0 Å². The highest BCUT2D eigenvalue weighted by Crippen LogP contribution is 2.32. The third kappa shape index (κ3) is 2.66. The molecule has 0 bridgehead atoms. The summed E-state index contributed by atoms with van der Waals surface area (Å²) in [5.41, 5.74) is 0.675. The summed E-state index contributed by atoms with van der Waals surface area (Å²) in [7, 11) is 0. The van der Waals surface area contributed by atoms with Gasteiger partial charge in [0.2, 0.25) is 0 Å². The first-order valence-corrected chi connectivity index (χ1v) is 6.73. The Morgan fingerprint density at radius 2 is 2.06 bits per heavy atom. The Labute approximate surface area is 108 Å². The molecule has 18 heavy (non-hydrogen) atoms. The lowest BCUT2D eigenvalue weighted by atomic mass is 9.92. The summed E-state index contributed by atoms with van der Waals surface area (Å²) in [6, 6.07) is 5.01. The number of rotatable bonds is 2. The predicted molar refractivity (Wildman–Crippen MR) is 71.0 cm³/mol. The van der Waals surface area contributed by atoms with Gasteiger partial charge in [-0.05, 0) is 38.7 Å². The average molecular weight is 251 g/mol. The number of benzene rings is 1. The third-order valence-electron chi connectivity index (χ3n) is 4.10. The van der Waals surface area contributed by atoms with Gasteiger partial charge in [-0.15, -0.1) is 0 Å². The van der Waals surface area contributed by atoms with Gasteiger partial charge < -0.3 is 5.11 Å². The first-order valence-electron chi connectivity index (χ1n) is 6.73. The Balaban J connectivity index is 2.21. The summed E-state index contributed by atoms with van der Waals surface area (Å²) in [5.74, 6) is 0.347. The standard InChI is InChI=1S/C15H22FNO/c1-10-4-5-11(2)17(9-10)12(3)14-7-6-13(18)8-15(14)16/h6-8,10-12,18H,4-5,9H2,1-3H3. The van der Waals surface area contributed by atoms with Crippen LogP contribution in [0.3, 0.4) is 0 Å². The maximum absolute atomic E-state index is 13.9. The molecule has 1 fully saturated rings. The predicted octanol–water partition coefficient (Wildman–Crippen LogP) is 3.71. The first-order chi connectivity index (χ1) is 8.49. The number of piperidine rings is 1. The van der Waals surface area contributed by atoms with E-state index >= 15 is 0 Å². The van der Waals surface area contributed by atoms with E-state index in [2.05, 4.69) is 18.7 Å². The van der Waals surface area contributed by atoms with Crippen molar-refractivity contribution in [1.82, 2.24) is 4.90 Å². The molecule has 1 aromatic carbocycles. The number of phenolic OH excluding ortho intramolecular Hbond substituents is 1. The average Bonchev–Trinajstić information content (AvgIpc) is 2.31. The molecule has 3 atom stereocenters. The maximum Gasteiger partial charge on any atom is 0.131 e. The molecule has 1 heterocycles. The molecule has 0 radical (unpaired) electrons. The fraction of sp³-hybridized carbons (Fsp3) is 0.600. The number of aromatic hydroxyl groups is 1. The van der Waals surface area contributed by atoms with Gasteiger partial charge in [0, 0.05) is 30.3 Å². The van der Waals surface area contributed by atoms with Gasteiger partial charge in [0.05, 0.1) is 0 Å². The van der Waals surface area contributed by atoms with Crippen LogP contribution in [0.1, 0.15) is 45.2 Å². The van der Waals surface area contributed by atoms with Crippen LogP contribution >= 0.6 is 0 Å². The van der Waals surface area contributed by atoms with E-state index in [0.29, 0.717) is 17.5 Å². The summed E-state index contributed by atoms with van der Waals surface area (Å²) in [4.78, 5) is 2.36. The molecule has 100 valence electrons. The number of hydrogen-bond acceptors (Lipinski definition) is 2. The molecule has 0 saturated carbocycles. The number of likely N-dealkylation sites (tertiary alicyclic amines) is 1. The second-order valence-electron chi connectivity index (χ2n) is 5.61. The van der Waals surface area contributed by atoms with E-state index in [1.165, 1.54) is 18.9 Å². The van der Waals surface area contributed by atoms with Crippen molar-refractivity contribution in [1.29, 1.82) is 0 Å². The summed E-state index contributed by atoms with van der Waals surface area (Å²) < 4.78 is 13.9. The zero-order chi connectivity index (χ0) is 13.3. The monoisotopic (exact) mass is 251 g/mol. The number of phenols is 1. The van der Waals surface area contributed by atoms with Crippen molar-refractivity contribution < 1.29 is 9.50 Å². The first kappa shape index (κ1) is 13.3. The lowest BCUT2D eigenvalue weighted by molar-refractivity contribution is 0.0828. The molecule has 1 aromatic rings. The molecule has 1 saturated heterocycles. The minimum atomic E-state index is -0.312. The topological polar surface area (TPSA) is 23.5 Å². The Morgan fingerprint density at radius 3 is 2.72 bits per heavy atom.